The van der Waals surface area contributed by atoms with E-state index in [1.54, 1.807) is 0 Å². The van der Waals surface area contributed by atoms with Gasteiger partial charge in [-0.1, -0.05) is 18.2 Å². The summed E-state index contributed by atoms with van der Waals surface area (Å²) in [4.78, 5) is 19.0. The summed E-state index contributed by atoms with van der Waals surface area (Å²) in [6, 6.07) is 9.71. The van der Waals surface area contributed by atoms with Crippen molar-refractivity contribution in [1.29, 1.82) is 0 Å². The van der Waals surface area contributed by atoms with Crippen molar-refractivity contribution in [3.05, 3.63) is 59.2 Å². The fourth-order valence-corrected chi connectivity index (χ4v) is 4.04. The number of rotatable bonds is 7. The molecule has 0 unspecified atom stereocenters. The topological polar surface area (TPSA) is 26.8 Å². The largest absolute Gasteiger partial charge is 0.339 e. The lowest BCUT2D eigenvalue weighted by Gasteiger charge is -2.37. The number of amides is 1. The summed E-state index contributed by atoms with van der Waals surface area (Å²) in [6.07, 6.45) is 0.738. The third kappa shape index (κ3) is 6.11. The fourth-order valence-electron chi connectivity index (χ4n) is 4.04. The Morgan fingerprint density at radius 3 is 2.45 bits per heavy atom. The SMILES string of the molecule is Cc1ccc(-c2cc(F)ccc2F)cc1CCN(C)CC(=O)N1CCN(C(C)C)CC1. The van der Waals surface area contributed by atoms with Gasteiger partial charge in [-0.05, 0) is 69.1 Å². The number of carbonyl (C=O) groups excluding carboxylic acids is 1. The molecule has 1 fully saturated rings. The number of nitrogens with zero attached hydrogens (tertiary/aromatic N) is 3. The number of hydrogen-bond donors (Lipinski definition) is 0. The molecule has 0 radical (unpaired) electrons. The zero-order valence-corrected chi connectivity index (χ0v) is 19.0. The van der Waals surface area contributed by atoms with Crippen molar-refractivity contribution in [2.75, 3.05) is 46.3 Å². The first-order valence-electron chi connectivity index (χ1n) is 11.0. The molecule has 0 saturated carbocycles. The second-order valence-electron chi connectivity index (χ2n) is 8.76. The molecule has 1 aliphatic rings. The number of hydrogen-bond acceptors (Lipinski definition) is 3. The van der Waals surface area contributed by atoms with Crippen LogP contribution in [-0.2, 0) is 11.2 Å². The zero-order valence-electron chi connectivity index (χ0n) is 19.0. The molecule has 1 aliphatic heterocycles. The van der Waals surface area contributed by atoms with Crippen LogP contribution < -0.4 is 0 Å². The van der Waals surface area contributed by atoms with E-state index in [4.69, 9.17) is 0 Å². The number of piperazine rings is 1. The second kappa shape index (κ2) is 10.3. The Hall–Kier alpha value is -2.31. The van der Waals surface area contributed by atoms with Crippen molar-refractivity contribution in [3.63, 3.8) is 0 Å². The highest BCUT2D eigenvalue weighted by Gasteiger charge is 2.23. The first kappa shape index (κ1) is 23.4. The van der Waals surface area contributed by atoms with Crippen LogP contribution in [-0.4, -0.2) is 73.0 Å². The molecule has 168 valence electrons. The Morgan fingerprint density at radius 2 is 1.77 bits per heavy atom. The standard InChI is InChI=1S/C25H33F2N3O/c1-18(2)29-11-13-30(14-12-29)25(31)17-28(4)10-9-20-15-21(6-5-19(20)3)23-16-22(26)7-8-24(23)27/h5-8,15-16,18H,9-14,17H2,1-4H3. The molecule has 0 N–H and O–H groups in total. The maximum absolute atomic E-state index is 14.2. The predicted molar refractivity (Wildman–Crippen MR) is 121 cm³/mol. The van der Waals surface area contributed by atoms with Crippen LogP contribution in [0.25, 0.3) is 11.1 Å². The third-order valence-corrected chi connectivity index (χ3v) is 6.15. The first-order valence-corrected chi connectivity index (χ1v) is 11.0. The fraction of sp³-hybridized carbons (Fsp3) is 0.480. The average molecular weight is 430 g/mol. The average Bonchev–Trinajstić information content (AvgIpc) is 2.75. The summed E-state index contributed by atoms with van der Waals surface area (Å²) in [5.74, 6) is -0.722. The highest BCUT2D eigenvalue weighted by Crippen LogP contribution is 2.26. The van der Waals surface area contributed by atoms with Gasteiger partial charge in [-0.15, -0.1) is 0 Å². The lowest BCUT2D eigenvalue weighted by molar-refractivity contribution is -0.134. The summed E-state index contributed by atoms with van der Waals surface area (Å²) in [5.41, 5.74) is 3.11. The quantitative estimate of drug-likeness (QED) is 0.667. The van der Waals surface area contributed by atoms with Gasteiger partial charge >= 0.3 is 0 Å². The summed E-state index contributed by atoms with van der Waals surface area (Å²) >= 11 is 0. The van der Waals surface area contributed by atoms with E-state index in [2.05, 4.69) is 18.7 Å². The monoisotopic (exact) mass is 429 g/mol. The minimum absolute atomic E-state index is 0.165. The van der Waals surface area contributed by atoms with Crippen molar-refractivity contribution in [2.45, 2.75) is 33.2 Å². The van der Waals surface area contributed by atoms with E-state index in [-0.39, 0.29) is 11.5 Å². The van der Waals surface area contributed by atoms with Gasteiger partial charge in [-0.2, -0.15) is 0 Å². The Kier molecular flexibility index (Phi) is 7.79. The highest BCUT2D eigenvalue weighted by atomic mass is 19.1. The Labute approximate surface area is 184 Å². The van der Waals surface area contributed by atoms with Crippen molar-refractivity contribution in [2.24, 2.45) is 0 Å². The van der Waals surface area contributed by atoms with E-state index in [1.165, 1.54) is 6.07 Å². The molecular weight excluding hydrogens is 396 g/mol. The second-order valence-corrected chi connectivity index (χ2v) is 8.76. The van der Waals surface area contributed by atoms with E-state index in [1.807, 2.05) is 42.0 Å². The molecule has 0 spiro atoms. The number of halogens is 2. The zero-order chi connectivity index (χ0) is 22.5. The van der Waals surface area contributed by atoms with Gasteiger partial charge in [0.05, 0.1) is 6.54 Å². The van der Waals surface area contributed by atoms with Gasteiger partial charge in [0, 0.05) is 44.3 Å². The molecule has 0 atom stereocenters. The van der Waals surface area contributed by atoms with Crippen molar-refractivity contribution in [3.8, 4) is 11.1 Å². The van der Waals surface area contributed by atoms with Crippen LogP contribution in [0, 0.1) is 18.6 Å². The Morgan fingerprint density at radius 1 is 1.06 bits per heavy atom. The van der Waals surface area contributed by atoms with Crippen LogP contribution in [0.1, 0.15) is 25.0 Å². The highest BCUT2D eigenvalue weighted by molar-refractivity contribution is 5.78. The molecular formula is C25H33F2N3O. The van der Waals surface area contributed by atoms with Crippen LogP contribution in [0.3, 0.4) is 0 Å². The van der Waals surface area contributed by atoms with Gasteiger partial charge in [0.15, 0.2) is 0 Å². The first-order chi connectivity index (χ1) is 14.7. The Bertz CT molecular complexity index is 908. The molecule has 2 aromatic carbocycles. The molecule has 31 heavy (non-hydrogen) atoms. The van der Waals surface area contributed by atoms with Crippen LogP contribution >= 0.6 is 0 Å². The Balaban J connectivity index is 1.57. The van der Waals surface area contributed by atoms with E-state index in [9.17, 15) is 13.6 Å². The van der Waals surface area contributed by atoms with Gasteiger partial charge < -0.3 is 4.90 Å². The number of benzene rings is 2. The molecule has 0 aliphatic carbocycles. The minimum atomic E-state index is -0.453. The van der Waals surface area contributed by atoms with Crippen LogP contribution in [0.15, 0.2) is 36.4 Å². The summed E-state index contributed by atoms with van der Waals surface area (Å²) in [5, 5.41) is 0. The molecule has 1 saturated heterocycles. The molecule has 4 nitrogen and oxygen atoms in total. The minimum Gasteiger partial charge on any atom is -0.339 e. The normalized spacial score (nSPS) is 15.2. The van der Waals surface area contributed by atoms with E-state index in [0.717, 1.165) is 55.9 Å². The van der Waals surface area contributed by atoms with E-state index < -0.39 is 11.6 Å². The maximum Gasteiger partial charge on any atom is 0.236 e. The molecule has 1 heterocycles. The van der Waals surface area contributed by atoms with Crippen LogP contribution in [0.5, 0.6) is 0 Å². The molecule has 1 amide bonds. The van der Waals surface area contributed by atoms with E-state index in [0.29, 0.717) is 24.7 Å². The van der Waals surface area contributed by atoms with Crippen LogP contribution in [0.2, 0.25) is 0 Å². The van der Waals surface area contributed by atoms with Gasteiger partial charge in [-0.25, -0.2) is 8.78 Å². The summed E-state index contributed by atoms with van der Waals surface area (Å²) in [6.45, 7) is 10.9. The third-order valence-electron chi connectivity index (χ3n) is 6.15. The lowest BCUT2D eigenvalue weighted by atomic mass is 9.97. The molecule has 6 heteroatoms. The van der Waals surface area contributed by atoms with Gasteiger partial charge in [0.1, 0.15) is 11.6 Å². The number of aryl methyl sites for hydroxylation is 1. The summed E-state index contributed by atoms with van der Waals surface area (Å²) < 4.78 is 27.8. The maximum atomic E-state index is 14.2. The molecule has 3 rings (SSSR count). The number of likely N-dealkylation sites (N-methyl/N-ethyl adjacent to an activating group) is 1. The summed E-state index contributed by atoms with van der Waals surface area (Å²) in [7, 11) is 1.95. The van der Waals surface area contributed by atoms with Crippen molar-refractivity contribution in [1.82, 2.24) is 14.7 Å². The van der Waals surface area contributed by atoms with Gasteiger partial charge in [0.25, 0.3) is 0 Å². The van der Waals surface area contributed by atoms with E-state index >= 15 is 0 Å². The number of carbonyl (C=O) groups is 1. The van der Waals surface area contributed by atoms with Gasteiger partial charge in [-0.3, -0.25) is 14.6 Å². The van der Waals surface area contributed by atoms with Crippen LogP contribution in [0.4, 0.5) is 8.78 Å². The lowest BCUT2D eigenvalue weighted by Crippen LogP contribution is -2.52. The van der Waals surface area contributed by atoms with Crippen molar-refractivity contribution >= 4 is 5.91 Å². The van der Waals surface area contributed by atoms with Gasteiger partial charge in [0.2, 0.25) is 5.91 Å². The van der Waals surface area contributed by atoms with Crippen molar-refractivity contribution < 1.29 is 13.6 Å². The smallest absolute Gasteiger partial charge is 0.236 e. The molecule has 0 aromatic heterocycles. The molecule has 0 bridgehead atoms. The predicted octanol–water partition coefficient (Wildman–Crippen LogP) is 3.97. The molecule has 2 aromatic rings.